The minimum atomic E-state index is -0.821. The van der Waals surface area contributed by atoms with E-state index in [0.29, 0.717) is 26.2 Å². The fourth-order valence-corrected chi connectivity index (χ4v) is 2.18. The van der Waals surface area contributed by atoms with E-state index in [9.17, 15) is 13.2 Å². The number of alkyl halides is 1. The molecule has 1 aliphatic heterocycles. The maximum atomic E-state index is 13.6. The van der Waals surface area contributed by atoms with E-state index >= 15 is 0 Å². The van der Waals surface area contributed by atoms with Crippen molar-refractivity contribution in [2.75, 3.05) is 32.9 Å². The molecule has 94 valence electrons. The van der Waals surface area contributed by atoms with E-state index in [1.165, 1.54) is 18.2 Å². The fourth-order valence-electron chi connectivity index (χ4n) is 2.18. The molecule has 1 heterocycles. The Morgan fingerprint density at radius 3 is 2.29 bits per heavy atom. The van der Waals surface area contributed by atoms with Crippen molar-refractivity contribution in [1.29, 1.82) is 0 Å². The molecule has 1 aliphatic rings. The second-order valence-electron chi connectivity index (χ2n) is 4.09. The zero-order chi connectivity index (χ0) is 12.3. The smallest absolute Gasteiger partial charge is 0.131 e. The van der Waals surface area contributed by atoms with Crippen LogP contribution in [-0.4, -0.2) is 37.8 Å². The van der Waals surface area contributed by atoms with Crippen molar-refractivity contribution in [1.82, 2.24) is 10.2 Å². The van der Waals surface area contributed by atoms with E-state index in [-0.39, 0.29) is 5.56 Å². The first-order chi connectivity index (χ1) is 8.24. The molecule has 0 aromatic heterocycles. The van der Waals surface area contributed by atoms with Gasteiger partial charge in [-0.25, -0.2) is 13.2 Å². The molecule has 2 nitrogen and oxygen atoms in total. The number of nitrogens with zero attached hydrogens (tertiary/aromatic N) is 1. The first-order valence-electron chi connectivity index (χ1n) is 5.68. The van der Waals surface area contributed by atoms with Gasteiger partial charge in [-0.15, -0.1) is 0 Å². The summed E-state index contributed by atoms with van der Waals surface area (Å²) in [7, 11) is 0. The standard InChI is InChI=1S/C12H15F3N2/c13-8-11(17-6-4-16-5-7-17)12-9(14)2-1-3-10(12)15/h1-3,11,16H,4-8H2/t11-/m1/s1. The molecule has 0 amide bonds. The Hall–Kier alpha value is -1.07. The molecule has 0 saturated carbocycles. The van der Waals surface area contributed by atoms with Gasteiger partial charge in [-0.2, -0.15) is 0 Å². The summed E-state index contributed by atoms with van der Waals surface area (Å²) in [5, 5.41) is 3.12. The van der Waals surface area contributed by atoms with Gasteiger partial charge in [0.2, 0.25) is 0 Å². The molecule has 1 saturated heterocycles. The maximum absolute atomic E-state index is 13.6. The third-order valence-electron chi connectivity index (χ3n) is 3.07. The Balaban J connectivity index is 2.27. The first kappa shape index (κ1) is 12.4. The molecule has 0 aliphatic carbocycles. The summed E-state index contributed by atoms with van der Waals surface area (Å²) in [6.07, 6.45) is 0. The molecule has 0 unspecified atom stereocenters. The first-order valence-corrected chi connectivity index (χ1v) is 5.68. The molecular formula is C12H15F3N2. The lowest BCUT2D eigenvalue weighted by molar-refractivity contribution is 0.141. The van der Waals surface area contributed by atoms with Crippen molar-refractivity contribution in [3.05, 3.63) is 35.4 Å². The topological polar surface area (TPSA) is 15.3 Å². The Bertz CT molecular complexity index is 358. The van der Waals surface area contributed by atoms with Crippen molar-refractivity contribution in [3.63, 3.8) is 0 Å². The molecule has 0 bridgehead atoms. The number of rotatable bonds is 3. The summed E-state index contributed by atoms with van der Waals surface area (Å²) < 4.78 is 40.3. The summed E-state index contributed by atoms with van der Waals surface area (Å²) in [5.41, 5.74) is -0.156. The minimum Gasteiger partial charge on any atom is -0.314 e. The lowest BCUT2D eigenvalue weighted by Gasteiger charge is -2.33. The van der Waals surface area contributed by atoms with Crippen LogP contribution in [-0.2, 0) is 0 Å². The number of hydrogen-bond donors (Lipinski definition) is 1. The number of piperazine rings is 1. The normalized spacial score (nSPS) is 19.2. The van der Waals surface area contributed by atoms with Crippen molar-refractivity contribution in [2.45, 2.75) is 6.04 Å². The molecule has 0 spiro atoms. The van der Waals surface area contributed by atoms with Crippen molar-refractivity contribution in [3.8, 4) is 0 Å². The van der Waals surface area contributed by atoms with Crippen LogP contribution in [0.15, 0.2) is 18.2 Å². The highest BCUT2D eigenvalue weighted by Gasteiger charge is 2.27. The second kappa shape index (κ2) is 5.51. The van der Waals surface area contributed by atoms with Gasteiger partial charge < -0.3 is 5.32 Å². The van der Waals surface area contributed by atoms with Crippen LogP contribution in [0.25, 0.3) is 0 Å². The van der Waals surface area contributed by atoms with Crippen LogP contribution in [0.3, 0.4) is 0 Å². The third-order valence-corrected chi connectivity index (χ3v) is 3.07. The monoisotopic (exact) mass is 244 g/mol. The maximum Gasteiger partial charge on any atom is 0.131 e. The lowest BCUT2D eigenvalue weighted by atomic mass is 10.0. The van der Waals surface area contributed by atoms with Crippen LogP contribution >= 0.6 is 0 Å². The molecule has 5 heteroatoms. The van der Waals surface area contributed by atoms with E-state index in [2.05, 4.69) is 5.32 Å². The van der Waals surface area contributed by atoms with Gasteiger partial charge in [0, 0.05) is 31.7 Å². The third kappa shape index (κ3) is 2.61. The van der Waals surface area contributed by atoms with Crippen molar-refractivity contribution in [2.24, 2.45) is 0 Å². The zero-order valence-corrected chi connectivity index (χ0v) is 9.43. The van der Waals surface area contributed by atoms with Crippen LogP contribution in [0.5, 0.6) is 0 Å². The van der Waals surface area contributed by atoms with Crippen LogP contribution in [0.1, 0.15) is 11.6 Å². The number of benzene rings is 1. The van der Waals surface area contributed by atoms with Gasteiger partial charge in [0.25, 0.3) is 0 Å². The summed E-state index contributed by atoms with van der Waals surface area (Å²) in [4.78, 5) is 1.78. The van der Waals surface area contributed by atoms with E-state index in [1.54, 1.807) is 4.90 Å². The Morgan fingerprint density at radius 2 is 1.76 bits per heavy atom. The van der Waals surface area contributed by atoms with Gasteiger partial charge in [-0.1, -0.05) is 6.07 Å². The zero-order valence-electron chi connectivity index (χ0n) is 9.43. The molecule has 1 N–H and O–H groups in total. The number of halogens is 3. The van der Waals surface area contributed by atoms with Gasteiger partial charge in [0.1, 0.15) is 18.3 Å². The summed E-state index contributed by atoms with van der Waals surface area (Å²) in [6, 6.07) is 2.81. The van der Waals surface area contributed by atoms with Gasteiger partial charge in [-0.3, -0.25) is 4.90 Å². The number of nitrogens with one attached hydrogen (secondary N) is 1. The SMILES string of the molecule is FC[C@H](c1c(F)cccc1F)N1CCNCC1. The van der Waals surface area contributed by atoms with Crippen LogP contribution in [0.4, 0.5) is 13.2 Å². The van der Waals surface area contributed by atoms with Crippen LogP contribution in [0.2, 0.25) is 0 Å². The average molecular weight is 244 g/mol. The van der Waals surface area contributed by atoms with Crippen LogP contribution in [0, 0.1) is 11.6 Å². The molecule has 17 heavy (non-hydrogen) atoms. The van der Waals surface area contributed by atoms with E-state index in [1.807, 2.05) is 0 Å². The molecule has 1 fully saturated rings. The van der Waals surface area contributed by atoms with E-state index in [0.717, 1.165) is 0 Å². The predicted molar refractivity (Wildman–Crippen MR) is 59.5 cm³/mol. The Labute approximate surface area is 98.4 Å². The summed E-state index contributed by atoms with van der Waals surface area (Å²) in [5.74, 6) is -1.35. The van der Waals surface area contributed by atoms with Crippen molar-refractivity contribution < 1.29 is 13.2 Å². The van der Waals surface area contributed by atoms with Crippen molar-refractivity contribution >= 4 is 0 Å². The molecule has 0 radical (unpaired) electrons. The van der Waals surface area contributed by atoms with Gasteiger partial charge in [0.05, 0.1) is 6.04 Å². The lowest BCUT2D eigenvalue weighted by Crippen LogP contribution is -2.46. The molecular weight excluding hydrogens is 229 g/mol. The molecule has 1 atom stereocenters. The van der Waals surface area contributed by atoms with Crippen LogP contribution < -0.4 is 5.32 Å². The van der Waals surface area contributed by atoms with E-state index < -0.39 is 24.4 Å². The Morgan fingerprint density at radius 1 is 1.18 bits per heavy atom. The average Bonchev–Trinajstić information content (AvgIpc) is 2.35. The predicted octanol–water partition coefficient (Wildman–Crippen LogP) is 1.88. The highest BCUT2D eigenvalue weighted by molar-refractivity contribution is 5.23. The molecule has 1 aromatic rings. The fraction of sp³-hybridized carbons (Fsp3) is 0.500. The Kier molecular flexibility index (Phi) is 4.02. The highest BCUT2D eigenvalue weighted by Crippen LogP contribution is 2.26. The molecule has 2 rings (SSSR count). The minimum absolute atomic E-state index is 0.156. The quantitative estimate of drug-likeness (QED) is 0.873. The van der Waals surface area contributed by atoms with Gasteiger partial charge >= 0.3 is 0 Å². The highest BCUT2D eigenvalue weighted by atomic mass is 19.1. The van der Waals surface area contributed by atoms with Gasteiger partial charge in [-0.05, 0) is 12.1 Å². The van der Waals surface area contributed by atoms with E-state index in [4.69, 9.17) is 0 Å². The second-order valence-corrected chi connectivity index (χ2v) is 4.09. The summed E-state index contributed by atoms with van der Waals surface area (Å²) >= 11 is 0. The molecule has 1 aromatic carbocycles. The number of hydrogen-bond acceptors (Lipinski definition) is 2. The largest absolute Gasteiger partial charge is 0.314 e. The summed E-state index contributed by atoms with van der Waals surface area (Å²) in [6.45, 7) is 1.85. The van der Waals surface area contributed by atoms with Gasteiger partial charge in [0.15, 0.2) is 0 Å².